The van der Waals surface area contributed by atoms with E-state index in [0.717, 1.165) is 48.6 Å². The molecule has 0 bridgehead atoms. The summed E-state index contributed by atoms with van der Waals surface area (Å²) in [5, 5.41) is 3.27. The van der Waals surface area contributed by atoms with Crippen molar-refractivity contribution >= 4 is 5.91 Å². The van der Waals surface area contributed by atoms with Crippen LogP contribution in [-0.2, 0) is 0 Å². The van der Waals surface area contributed by atoms with Crippen LogP contribution in [0.4, 0.5) is 4.39 Å². The average molecular weight is 329 g/mol. The van der Waals surface area contributed by atoms with Crippen molar-refractivity contribution < 1.29 is 9.18 Å². The first-order chi connectivity index (χ1) is 11.5. The largest absolute Gasteiger partial charge is 0.337 e. The highest BCUT2D eigenvalue weighted by Crippen LogP contribution is 2.23. The fraction of sp³-hybridized carbons (Fsp3) is 0.421. The van der Waals surface area contributed by atoms with E-state index in [1.165, 1.54) is 12.1 Å². The maximum atomic E-state index is 13.2. The Kier molecular flexibility index (Phi) is 4.71. The van der Waals surface area contributed by atoms with Gasteiger partial charge in [0.1, 0.15) is 5.82 Å². The highest BCUT2D eigenvalue weighted by Gasteiger charge is 2.26. The molecule has 0 radical (unpaired) electrons. The van der Waals surface area contributed by atoms with E-state index < -0.39 is 0 Å². The molecule has 1 fully saturated rings. The van der Waals surface area contributed by atoms with E-state index in [2.05, 4.69) is 5.32 Å². The van der Waals surface area contributed by atoms with Gasteiger partial charge in [0.05, 0.1) is 5.56 Å². The second kappa shape index (κ2) is 6.77. The molecule has 3 rings (SSSR count). The number of benzene rings is 1. The summed E-state index contributed by atoms with van der Waals surface area (Å²) in [6.07, 6.45) is 2.13. The Labute approximate surface area is 142 Å². The summed E-state index contributed by atoms with van der Waals surface area (Å²) >= 11 is 0. The van der Waals surface area contributed by atoms with Crippen LogP contribution in [0.15, 0.2) is 30.3 Å². The van der Waals surface area contributed by atoms with Gasteiger partial charge in [-0.15, -0.1) is 0 Å². The van der Waals surface area contributed by atoms with E-state index in [-0.39, 0.29) is 11.7 Å². The number of halogens is 1. The third-order valence-corrected chi connectivity index (χ3v) is 4.86. The van der Waals surface area contributed by atoms with Crippen LogP contribution in [0, 0.1) is 19.7 Å². The molecule has 0 saturated carbocycles. The number of aryl methyl sites for hydroxylation is 1. The Morgan fingerprint density at radius 1 is 1.25 bits per heavy atom. The second-order valence-corrected chi connectivity index (χ2v) is 6.48. The lowest BCUT2D eigenvalue weighted by molar-refractivity contribution is 0.0697. The maximum Gasteiger partial charge on any atom is 0.255 e. The van der Waals surface area contributed by atoms with Crippen molar-refractivity contribution in [3.63, 3.8) is 0 Å². The molecule has 4 nitrogen and oxygen atoms in total. The predicted molar refractivity (Wildman–Crippen MR) is 93.2 cm³/mol. The van der Waals surface area contributed by atoms with E-state index in [1.807, 2.05) is 36.4 Å². The van der Waals surface area contributed by atoms with E-state index in [0.29, 0.717) is 6.04 Å². The van der Waals surface area contributed by atoms with Crippen LogP contribution in [0.3, 0.4) is 0 Å². The van der Waals surface area contributed by atoms with Gasteiger partial charge in [0.25, 0.3) is 5.91 Å². The lowest BCUT2D eigenvalue weighted by Crippen LogP contribution is -2.47. The van der Waals surface area contributed by atoms with E-state index in [9.17, 15) is 9.18 Å². The molecule has 1 N–H and O–H groups in total. The van der Waals surface area contributed by atoms with Crippen molar-refractivity contribution in [2.75, 3.05) is 20.1 Å². The first-order valence-corrected chi connectivity index (χ1v) is 8.42. The first kappa shape index (κ1) is 16.7. The summed E-state index contributed by atoms with van der Waals surface area (Å²) in [5.74, 6) is -0.180. The summed E-state index contributed by atoms with van der Waals surface area (Å²) < 4.78 is 15.2. The van der Waals surface area contributed by atoms with Gasteiger partial charge in [0, 0.05) is 36.2 Å². The molecular formula is C19H24FN3O. The quantitative estimate of drug-likeness (QED) is 0.940. The van der Waals surface area contributed by atoms with Gasteiger partial charge in [0.2, 0.25) is 0 Å². The Morgan fingerprint density at radius 2 is 1.96 bits per heavy atom. The Morgan fingerprint density at radius 3 is 2.62 bits per heavy atom. The summed E-state index contributed by atoms with van der Waals surface area (Å²) in [6.45, 7) is 5.47. The number of likely N-dealkylation sites (tertiary alicyclic amines) is 1. The molecule has 1 unspecified atom stereocenters. The molecular weight excluding hydrogens is 305 g/mol. The van der Waals surface area contributed by atoms with Crippen LogP contribution < -0.4 is 5.32 Å². The second-order valence-electron chi connectivity index (χ2n) is 6.48. The molecule has 1 aliphatic rings. The molecule has 1 amide bonds. The van der Waals surface area contributed by atoms with Gasteiger partial charge < -0.3 is 14.8 Å². The number of nitrogens with one attached hydrogen (secondary N) is 1. The third-order valence-electron chi connectivity index (χ3n) is 4.86. The van der Waals surface area contributed by atoms with Gasteiger partial charge in [-0.1, -0.05) is 0 Å². The molecule has 2 heterocycles. The average Bonchev–Trinajstić information content (AvgIpc) is 2.90. The first-order valence-electron chi connectivity index (χ1n) is 8.42. The molecule has 128 valence electrons. The molecule has 1 aromatic carbocycles. The van der Waals surface area contributed by atoms with E-state index >= 15 is 0 Å². The molecule has 1 atom stereocenters. The van der Waals surface area contributed by atoms with Crippen LogP contribution in [0.2, 0.25) is 0 Å². The number of aromatic nitrogens is 1. The van der Waals surface area contributed by atoms with Crippen LogP contribution in [0.25, 0.3) is 5.69 Å². The number of amides is 1. The van der Waals surface area contributed by atoms with Crippen molar-refractivity contribution in [3.05, 3.63) is 53.1 Å². The number of hydrogen-bond donors (Lipinski definition) is 1. The van der Waals surface area contributed by atoms with Crippen molar-refractivity contribution in [1.82, 2.24) is 14.8 Å². The fourth-order valence-corrected chi connectivity index (χ4v) is 3.53. The summed E-state index contributed by atoms with van der Waals surface area (Å²) in [4.78, 5) is 14.9. The Balaban J connectivity index is 1.91. The topological polar surface area (TPSA) is 37.3 Å². The van der Waals surface area contributed by atoms with Crippen LogP contribution in [-0.4, -0.2) is 41.6 Å². The zero-order valence-electron chi connectivity index (χ0n) is 14.5. The van der Waals surface area contributed by atoms with Gasteiger partial charge >= 0.3 is 0 Å². The highest BCUT2D eigenvalue weighted by molar-refractivity contribution is 5.96. The van der Waals surface area contributed by atoms with Gasteiger partial charge in [-0.05, 0) is 64.1 Å². The van der Waals surface area contributed by atoms with Crippen LogP contribution in [0.1, 0.15) is 34.6 Å². The van der Waals surface area contributed by atoms with E-state index in [4.69, 9.17) is 0 Å². The van der Waals surface area contributed by atoms with Crippen molar-refractivity contribution in [3.8, 4) is 5.69 Å². The van der Waals surface area contributed by atoms with Gasteiger partial charge in [0.15, 0.2) is 0 Å². The number of carbonyl (C=O) groups excluding carboxylic acids is 1. The molecule has 2 aromatic rings. The zero-order chi connectivity index (χ0) is 17.3. The number of carbonyl (C=O) groups is 1. The molecule has 24 heavy (non-hydrogen) atoms. The third kappa shape index (κ3) is 3.08. The molecule has 1 aliphatic heterocycles. The smallest absolute Gasteiger partial charge is 0.255 e. The number of hydrogen-bond acceptors (Lipinski definition) is 2. The van der Waals surface area contributed by atoms with Crippen LogP contribution in [0.5, 0.6) is 0 Å². The minimum absolute atomic E-state index is 0.0800. The lowest BCUT2D eigenvalue weighted by atomic mass is 10.0. The van der Waals surface area contributed by atoms with Gasteiger partial charge in [-0.3, -0.25) is 4.79 Å². The monoisotopic (exact) mass is 329 g/mol. The van der Waals surface area contributed by atoms with Gasteiger partial charge in [-0.25, -0.2) is 4.39 Å². The summed E-state index contributed by atoms with van der Waals surface area (Å²) in [5.41, 5.74) is 3.48. The zero-order valence-corrected chi connectivity index (χ0v) is 14.5. The summed E-state index contributed by atoms with van der Waals surface area (Å²) in [7, 11) is 1.94. The van der Waals surface area contributed by atoms with Crippen molar-refractivity contribution in [2.24, 2.45) is 0 Å². The van der Waals surface area contributed by atoms with Crippen molar-refractivity contribution in [2.45, 2.75) is 32.7 Å². The SMILES string of the molecule is CNC1CCCN(C(=O)c2cc(C)n(-c3ccc(F)cc3)c2C)C1. The predicted octanol–water partition coefficient (Wildman–Crippen LogP) is 3.06. The summed E-state index contributed by atoms with van der Waals surface area (Å²) in [6, 6.07) is 8.66. The minimum Gasteiger partial charge on any atom is -0.337 e. The molecule has 1 aromatic heterocycles. The highest BCUT2D eigenvalue weighted by atomic mass is 19.1. The number of likely N-dealkylation sites (N-methyl/N-ethyl adjacent to an activating group) is 1. The molecule has 0 aliphatic carbocycles. The molecule has 0 spiro atoms. The number of rotatable bonds is 3. The van der Waals surface area contributed by atoms with E-state index in [1.54, 1.807) is 12.1 Å². The fourth-order valence-electron chi connectivity index (χ4n) is 3.53. The standard InChI is InChI=1S/C19H24FN3O/c1-13-11-18(19(24)22-10-4-5-16(12-22)21-3)14(2)23(13)17-8-6-15(20)7-9-17/h6-9,11,16,21H,4-5,10,12H2,1-3H3. The minimum atomic E-state index is -0.260. The molecule has 1 saturated heterocycles. The number of nitrogens with zero attached hydrogens (tertiary/aromatic N) is 2. The Hall–Kier alpha value is -2.14. The van der Waals surface area contributed by atoms with Gasteiger partial charge in [-0.2, -0.15) is 0 Å². The normalized spacial score (nSPS) is 18.0. The molecule has 5 heteroatoms. The number of piperidine rings is 1. The maximum absolute atomic E-state index is 13.2. The van der Waals surface area contributed by atoms with Crippen LogP contribution >= 0.6 is 0 Å². The van der Waals surface area contributed by atoms with Crippen molar-refractivity contribution in [1.29, 1.82) is 0 Å². The lowest BCUT2D eigenvalue weighted by Gasteiger charge is -2.32. The Bertz CT molecular complexity index is 736.